The first-order valence-electron chi connectivity index (χ1n) is 10.3. The first-order valence-corrected chi connectivity index (χ1v) is 10.3. The molecule has 0 rings (SSSR count). The maximum atomic E-state index is 12.6. The van der Waals surface area contributed by atoms with Crippen LogP contribution in [0, 0.1) is 5.92 Å². The second-order valence-electron chi connectivity index (χ2n) is 7.88. The summed E-state index contributed by atoms with van der Waals surface area (Å²) in [6.45, 7) is 5.45. The highest BCUT2D eigenvalue weighted by atomic mass is 16.4. The molecule has 0 saturated carbocycles. The number of nitrogens with two attached hydrogens (primary N) is 3. The molecule has 0 saturated heterocycles. The van der Waals surface area contributed by atoms with Crippen molar-refractivity contribution in [2.45, 2.75) is 77.0 Å². The van der Waals surface area contributed by atoms with Crippen molar-refractivity contribution >= 4 is 29.6 Å². The van der Waals surface area contributed by atoms with Gasteiger partial charge in [0.1, 0.15) is 18.1 Å². The molecule has 0 aromatic heterocycles. The second-order valence-corrected chi connectivity index (χ2v) is 7.88. The zero-order valence-corrected chi connectivity index (χ0v) is 18.3. The van der Waals surface area contributed by atoms with E-state index >= 15 is 0 Å². The molecule has 178 valence electrons. The van der Waals surface area contributed by atoms with Gasteiger partial charge in [0.15, 0.2) is 0 Å². The third-order valence-electron chi connectivity index (χ3n) is 4.41. The third kappa shape index (κ3) is 11.9. The molecular formula is C19H36N6O6. The average molecular weight is 445 g/mol. The van der Waals surface area contributed by atoms with E-state index in [-0.39, 0.29) is 25.2 Å². The molecule has 4 unspecified atom stereocenters. The minimum atomic E-state index is -1.21. The fourth-order valence-corrected chi connectivity index (χ4v) is 2.72. The van der Waals surface area contributed by atoms with Crippen molar-refractivity contribution in [3.8, 4) is 0 Å². The summed E-state index contributed by atoms with van der Waals surface area (Å²) in [5.74, 6) is -3.93. The number of aliphatic carboxylic acids is 1. The van der Waals surface area contributed by atoms with Crippen LogP contribution in [0.2, 0.25) is 0 Å². The number of carbonyl (C=O) groups excluding carboxylic acids is 4. The summed E-state index contributed by atoms with van der Waals surface area (Å²) in [6.07, 6.45) is 1.22. The lowest BCUT2D eigenvalue weighted by Crippen LogP contribution is -2.56. The highest BCUT2D eigenvalue weighted by Crippen LogP contribution is 2.06. The van der Waals surface area contributed by atoms with E-state index in [4.69, 9.17) is 17.2 Å². The quantitative estimate of drug-likeness (QED) is 0.139. The maximum Gasteiger partial charge on any atom is 0.326 e. The van der Waals surface area contributed by atoms with Crippen LogP contribution in [0.15, 0.2) is 0 Å². The molecule has 0 heterocycles. The summed E-state index contributed by atoms with van der Waals surface area (Å²) in [6, 6.07) is -4.36. The number of nitrogens with one attached hydrogen (secondary N) is 3. The highest BCUT2D eigenvalue weighted by molar-refractivity contribution is 5.94. The van der Waals surface area contributed by atoms with Crippen molar-refractivity contribution in [3.63, 3.8) is 0 Å². The van der Waals surface area contributed by atoms with Gasteiger partial charge in [-0.3, -0.25) is 19.2 Å². The van der Waals surface area contributed by atoms with E-state index < -0.39 is 53.8 Å². The van der Waals surface area contributed by atoms with Crippen LogP contribution in [0.4, 0.5) is 0 Å². The van der Waals surface area contributed by atoms with E-state index in [1.807, 2.05) is 13.8 Å². The van der Waals surface area contributed by atoms with E-state index in [0.29, 0.717) is 19.4 Å². The molecule has 0 aliphatic heterocycles. The number of carboxylic acids is 1. The fourth-order valence-electron chi connectivity index (χ4n) is 2.72. The molecule has 0 aromatic rings. The molecule has 0 spiro atoms. The van der Waals surface area contributed by atoms with Crippen molar-refractivity contribution in [2.75, 3.05) is 6.54 Å². The van der Waals surface area contributed by atoms with Crippen LogP contribution >= 0.6 is 0 Å². The highest BCUT2D eigenvalue weighted by Gasteiger charge is 2.28. The third-order valence-corrected chi connectivity index (χ3v) is 4.41. The van der Waals surface area contributed by atoms with E-state index in [0.717, 1.165) is 0 Å². The summed E-state index contributed by atoms with van der Waals surface area (Å²) in [4.78, 5) is 59.4. The van der Waals surface area contributed by atoms with E-state index in [2.05, 4.69) is 16.0 Å². The van der Waals surface area contributed by atoms with Crippen LogP contribution < -0.4 is 33.2 Å². The van der Waals surface area contributed by atoms with Gasteiger partial charge < -0.3 is 38.3 Å². The Hall–Kier alpha value is -2.73. The van der Waals surface area contributed by atoms with Gasteiger partial charge in [-0.2, -0.15) is 0 Å². The van der Waals surface area contributed by atoms with Crippen LogP contribution in [-0.2, 0) is 24.0 Å². The van der Waals surface area contributed by atoms with Gasteiger partial charge in [-0.1, -0.05) is 13.8 Å². The number of primary amides is 1. The topological polar surface area (TPSA) is 220 Å². The zero-order valence-electron chi connectivity index (χ0n) is 18.3. The molecule has 0 aromatic carbocycles. The average Bonchev–Trinajstić information content (AvgIpc) is 2.65. The van der Waals surface area contributed by atoms with Gasteiger partial charge in [-0.05, 0) is 45.1 Å². The summed E-state index contributed by atoms with van der Waals surface area (Å²) < 4.78 is 0. The largest absolute Gasteiger partial charge is 0.480 e. The molecule has 31 heavy (non-hydrogen) atoms. The van der Waals surface area contributed by atoms with Crippen molar-refractivity contribution in [1.82, 2.24) is 16.0 Å². The first-order chi connectivity index (χ1) is 14.4. The molecule has 4 atom stereocenters. The van der Waals surface area contributed by atoms with Crippen molar-refractivity contribution in [2.24, 2.45) is 23.1 Å². The fraction of sp³-hybridized carbons (Fsp3) is 0.737. The van der Waals surface area contributed by atoms with E-state index in [1.54, 1.807) is 0 Å². The van der Waals surface area contributed by atoms with Crippen molar-refractivity contribution in [1.29, 1.82) is 0 Å². The summed E-state index contributed by atoms with van der Waals surface area (Å²) in [7, 11) is 0. The number of rotatable bonds is 15. The molecule has 0 bridgehead atoms. The van der Waals surface area contributed by atoms with Gasteiger partial charge in [0, 0.05) is 0 Å². The van der Waals surface area contributed by atoms with Crippen molar-refractivity contribution < 1.29 is 29.1 Å². The molecule has 0 fully saturated rings. The molecule has 0 radical (unpaired) electrons. The monoisotopic (exact) mass is 444 g/mol. The van der Waals surface area contributed by atoms with Crippen LogP contribution in [0.25, 0.3) is 0 Å². The van der Waals surface area contributed by atoms with Gasteiger partial charge in [0.2, 0.25) is 23.6 Å². The molecular weight excluding hydrogens is 408 g/mol. The Balaban J connectivity index is 5.08. The first kappa shape index (κ1) is 28.3. The number of carboxylic acid groups (broad SMARTS) is 1. The second kappa shape index (κ2) is 14.3. The van der Waals surface area contributed by atoms with Crippen LogP contribution in [-0.4, -0.2) is 65.4 Å². The zero-order chi connectivity index (χ0) is 24.1. The Labute approximate surface area is 182 Å². The van der Waals surface area contributed by atoms with Gasteiger partial charge >= 0.3 is 5.97 Å². The molecule has 4 amide bonds. The van der Waals surface area contributed by atoms with E-state index in [9.17, 15) is 29.1 Å². The predicted octanol–water partition coefficient (Wildman–Crippen LogP) is -2.08. The summed E-state index contributed by atoms with van der Waals surface area (Å²) in [5.41, 5.74) is 16.1. The number of unbranched alkanes of at least 4 members (excludes halogenated alkanes) is 1. The van der Waals surface area contributed by atoms with Crippen LogP contribution in [0.1, 0.15) is 52.9 Å². The lowest BCUT2D eigenvalue weighted by atomic mass is 10.0. The molecule has 10 N–H and O–H groups in total. The Morgan fingerprint density at radius 2 is 1.45 bits per heavy atom. The molecule has 0 aliphatic carbocycles. The minimum absolute atomic E-state index is 0.0399. The normalized spacial score (nSPS) is 14.8. The SMILES string of the molecule is CC(C)CC(NC(=O)C(C)NC(=O)C(CCCCN)NC(=O)C(N)CC(N)=O)C(=O)O. The lowest BCUT2D eigenvalue weighted by molar-refractivity contribution is -0.142. The van der Waals surface area contributed by atoms with Crippen LogP contribution in [0.5, 0.6) is 0 Å². The van der Waals surface area contributed by atoms with Crippen LogP contribution in [0.3, 0.4) is 0 Å². The van der Waals surface area contributed by atoms with Gasteiger partial charge in [-0.25, -0.2) is 4.79 Å². The Bertz CT molecular complexity index is 641. The standard InChI is InChI=1S/C19H36N6O6/c1-10(2)8-14(19(30)31)25-16(27)11(3)23-18(29)13(6-4-5-7-20)24-17(28)12(21)9-15(22)26/h10-14H,4-9,20-21H2,1-3H3,(H2,22,26)(H,23,29)(H,24,28)(H,25,27)(H,30,31). The molecule has 0 aliphatic rings. The predicted molar refractivity (Wildman–Crippen MR) is 113 cm³/mol. The van der Waals surface area contributed by atoms with Gasteiger partial charge in [0.25, 0.3) is 0 Å². The molecule has 12 heteroatoms. The van der Waals surface area contributed by atoms with Crippen molar-refractivity contribution in [3.05, 3.63) is 0 Å². The molecule has 12 nitrogen and oxygen atoms in total. The summed E-state index contributed by atoms with van der Waals surface area (Å²) >= 11 is 0. The van der Waals surface area contributed by atoms with Gasteiger partial charge in [0.05, 0.1) is 12.5 Å². The number of hydrogen-bond donors (Lipinski definition) is 7. The lowest BCUT2D eigenvalue weighted by Gasteiger charge is -2.23. The Kier molecular flexibility index (Phi) is 13.0. The van der Waals surface area contributed by atoms with E-state index in [1.165, 1.54) is 6.92 Å². The smallest absolute Gasteiger partial charge is 0.326 e. The van der Waals surface area contributed by atoms with Gasteiger partial charge in [-0.15, -0.1) is 0 Å². The Morgan fingerprint density at radius 3 is 1.94 bits per heavy atom. The number of amides is 4. The number of hydrogen-bond acceptors (Lipinski definition) is 7. The minimum Gasteiger partial charge on any atom is -0.480 e. The Morgan fingerprint density at radius 1 is 0.871 bits per heavy atom. The maximum absolute atomic E-state index is 12.6. The number of carbonyl (C=O) groups is 5. The summed E-state index contributed by atoms with van der Waals surface area (Å²) in [5, 5.41) is 16.6.